The van der Waals surface area contributed by atoms with Gasteiger partial charge in [0.2, 0.25) is 0 Å². The summed E-state index contributed by atoms with van der Waals surface area (Å²) in [6.45, 7) is 9.38. The number of aryl methyl sites for hydroxylation is 1. The molecule has 0 aromatic heterocycles. The average Bonchev–Trinajstić information content (AvgIpc) is 2.65. The quantitative estimate of drug-likeness (QED) is 0.239. The van der Waals surface area contributed by atoms with Crippen LogP contribution in [-0.4, -0.2) is 0 Å². The Kier molecular flexibility index (Phi) is 13.6. The van der Waals surface area contributed by atoms with Gasteiger partial charge in [0.25, 0.3) is 0 Å². The highest BCUT2D eigenvalue weighted by molar-refractivity contribution is 5.32. The molecule has 0 N–H and O–H groups in total. The lowest BCUT2D eigenvalue weighted by atomic mass is 9.78. The molecule has 27 heavy (non-hydrogen) atoms. The fourth-order valence-electron chi connectivity index (χ4n) is 4.41. The summed E-state index contributed by atoms with van der Waals surface area (Å²) in [6.07, 6.45) is 23.0. The van der Waals surface area contributed by atoms with Gasteiger partial charge in [0.05, 0.1) is 0 Å². The van der Waals surface area contributed by atoms with Gasteiger partial charge in [-0.2, -0.15) is 0 Å². The Labute approximate surface area is 171 Å². The molecule has 0 fully saturated rings. The Hall–Kier alpha value is -0.780. The first-order valence-corrected chi connectivity index (χ1v) is 12.1. The zero-order valence-electron chi connectivity index (χ0n) is 19.1. The van der Waals surface area contributed by atoms with E-state index in [1.54, 1.807) is 0 Å². The van der Waals surface area contributed by atoms with Crippen LogP contribution in [0.1, 0.15) is 135 Å². The van der Waals surface area contributed by atoms with Crippen molar-refractivity contribution in [2.24, 2.45) is 0 Å². The first-order valence-electron chi connectivity index (χ1n) is 12.1. The van der Waals surface area contributed by atoms with E-state index in [0.717, 1.165) is 0 Å². The molecule has 0 amide bonds. The molecule has 0 aliphatic carbocycles. The summed E-state index contributed by atoms with van der Waals surface area (Å²) in [5.74, 6) is 0. The highest BCUT2D eigenvalue weighted by Gasteiger charge is 2.21. The van der Waals surface area contributed by atoms with Gasteiger partial charge in [0.15, 0.2) is 0 Å². The van der Waals surface area contributed by atoms with E-state index in [0.29, 0.717) is 5.41 Å². The summed E-state index contributed by atoms with van der Waals surface area (Å²) in [7, 11) is 0. The van der Waals surface area contributed by atoms with E-state index >= 15 is 0 Å². The van der Waals surface area contributed by atoms with Gasteiger partial charge < -0.3 is 0 Å². The third-order valence-corrected chi connectivity index (χ3v) is 6.28. The Morgan fingerprint density at radius 1 is 0.593 bits per heavy atom. The summed E-state index contributed by atoms with van der Waals surface area (Å²) < 4.78 is 0. The Balaban J connectivity index is 1.91. The highest BCUT2D eigenvalue weighted by atomic mass is 14.3. The largest absolute Gasteiger partial charge is 0.0654 e. The molecule has 0 heterocycles. The lowest BCUT2D eigenvalue weighted by Gasteiger charge is -2.27. The van der Waals surface area contributed by atoms with E-state index in [9.17, 15) is 0 Å². The number of hydrogen-bond donors (Lipinski definition) is 0. The SMILES string of the molecule is CCCCCCCCCCCCCCCCCC(C)(C)c1ccccc1C. The minimum atomic E-state index is 0.321. The monoisotopic (exact) mass is 372 g/mol. The first-order chi connectivity index (χ1) is 13.1. The standard InChI is InChI=1S/C27H48/c1-5-6-7-8-9-10-11-12-13-14-15-16-17-18-21-24-27(3,4)26-23-20-19-22-25(26)2/h19-20,22-23H,5-18,21,24H2,1-4H3. The van der Waals surface area contributed by atoms with Crippen LogP contribution in [-0.2, 0) is 5.41 Å². The van der Waals surface area contributed by atoms with Crippen molar-refractivity contribution in [3.63, 3.8) is 0 Å². The Bertz CT molecular complexity index is 457. The van der Waals surface area contributed by atoms with Crippen molar-refractivity contribution in [2.45, 2.75) is 136 Å². The lowest BCUT2D eigenvalue weighted by molar-refractivity contribution is 0.439. The second-order valence-corrected chi connectivity index (χ2v) is 9.40. The van der Waals surface area contributed by atoms with Gasteiger partial charge in [-0.1, -0.05) is 141 Å². The Morgan fingerprint density at radius 2 is 1.00 bits per heavy atom. The van der Waals surface area contributed by atoms with Gasteiger partial charge in [-0.15, -0.1) is 0 Å². The molecule has 1 aromatic carbocycles. The fraction of sp³-hybridized carbons (Fsp3) is 0.778. The van der Waals surface area contributed by atoms with Gasteiger partial charge >= 0.3 is 0 Å². The molecule has 1 aromatic rings. The van der Waals surface area contributed by atoms with Crippen molar-refractivity contribution in [3.8, 4) is 0 Å². The van der Waals surface area contributed by atoms with Crippen LogP contribution in [0.5, 0.6) is 0 Å². The summed E-state index contributed by atoms with van der Waals surface area (Å²) in [6, 6.07) is 8.92. The van der Waals surface area contributed by atoms with Crippen LogP contribution in [0.2, 0.25) is 0 Å². The fourth-order valence-corrected chi connectivity index (χ4v) is 4.41. The average molecular weight is 373 g/mol. The second-order valence-electron chi connectivity index (χ2n) is 9.40. The number of benzene rings is 1. The molecular weight excluding hydrogens is 324 g/mol. The summed E-state index contributed by atoms with van der Waals surface area (Å²) >= 11 is 0. The smallest absolute Gasteiger partial charge is 0.0101 e. The molecule has 0 spiro atoms. The normalized spacial score (nSPS) is 11.9. The molecular formula is C27H48. The first kappa shape index (κ1) is 24.3. The summed E-state index contributed by atoms with van der Waals surface area (Å²) in [5, 5.41) is 0. The van der Waals surface area contributed by atoms with Crippen LogP contribution in [0.3, 0.4) is 0 Å². The van der Waals surface area contributed by atoms with Crippen LogP contribution >= 0.6 is 0 Å². The molecule has 0 atom stereocenters. The minimum Gasteiger partial charge on any atom is -0.0654 e. The minimum absolute atomic E-state index is 0.321. The van der Waals surface area contributed by atoms with Crippen LogP contribution < -0.4 is 0 Å². The van der Waals surface area contributed by atoms with Crippen molar-refractivity contribution in [1.29, 1.82) is 0 Å². The highest BCUT2D eigenvalue weighted by Crippen LogP contribution is 2.31. The molecule has 0 saturated heterocycles. The van der Waals surface area contributed by atoms with Gasteiger partial charge in [-0.25, -0.2) is 0 Å². The maximum Gasteiger partial charge on any atom is -0.0101 e. The molecule has 156 valence electrons. The van der Waals surface area contributed by atoms with E-state index in [-0.39, 0.29) is 0 Å². The van der Waals surface area contributed by atoms with Crippen LogP contribution in [0.25, 0.3) is 0 Å². The van der Waals surface area contributed by atoms with Crippen LogP contribution in [0.15, 0.2) is 24.3 Å². The van der Waals surface area contributed by atoms with Gasteiger partial charge in [0, 0.05) is 0 Å². The second kappa shape index (κ2) is 15.2. The zero-order valence-corrected chi connectivity index (χ0v) is 19.1. The predicted octanol–water partition coefficient (Wildman–Crippen LogP) is 9.53. The predicted molar refractivity (Wildman–Crippen MR) is 124 cm³/mol. The number of hydrogen-bond acceptors (Lipinski definition) is 0. The maximum absolute atomic E-state index is 2.42. The number of unbranched alkanes of at least 4 members (excludes halogenated alkanes) is 14. The van der Waals surface area contributed by atoms with Crippen LogP contribution in [0, 0.1) is 6.92 Å². The van der Waals surface area contributed by atoms with E-state index in [4.69, 9.17) is 0 Å². The van der Waals surface area contributed by atoms with Gasteiger partial charge in [-0.05, 0) is 29.9 Å². The number of rotatable bonds is 17. The van der Waals surface area contributed by atoms with E-state index in [2.05, 4.69) is 52.0 Å². The molecule has 0 aliphatic rings. The molecule has 0 heteroatoms. The summed E-state index contributed by atoms with van der Waals surface area (Å²) in [5.41, 5.74) is 3.31. The Morgan fingerprint density at radius 3 is 1.44 bits per heavy atom. The topological polar surface area (TPSA) is 0 Å². The zero-order chi connectivity index (χ0) is 19.8. The molecule has 1 rings (SSSR count). The molecule has 0 aliphatic heterocycles. The third kappa shape index (κ3) is 11.6. The van der Waals surface area contributed by atoms with E-state index in [1.165, 1.54) is 114 Å². The molecule has 0 unspecified atom stereocenters. The molecule has 0 radical (unpaired) electrons. The van der Waals surface area contributed by atoms with Gasteiger partial charge in [0.1, 0.15) is 0 Å². The van der Waals surface area contributed by atoms with Crippen molar-refractivity contribution >= 4 is 0 Å². The van der Waals surface area contributed by atoms with E-state index in [1.807, 2.05) is 0 Å². The molecule has 0 bridgehead atoms. The van der Waals surface area contributed by atoms with E-state index < -0.39 is 0 Å². The van der Waals surface area contributed by atoms with Crippen LogP contribution in [0.4, 0.5) is 0 Å². The molecule has 0 saturated carbocycles. The summed E-state index contributed by atoms with van der Waals surface area (Å²) in [4.78, 5) is 0. The maximum atomic E-state index is 2.42. The van der Waals surface area contributed by atoms with Crippen molar-refractivity contribution in [1.82, 2.24) is 0 Å². The van der Waals surface area contributed by atoms with Gasteiger partial charge in [-0.3, -0.25) is 0 Å². The molecule has 0 nitrogen and oxygen atoms in total. The lowest BCUT2D eigenvalue weighted by Crippen LogP contribution is -2.18. The van der Waals surface area contributed by atoms with Crippen molar-refractivity contribution in [2.75, 3.05) is 0 Å². The third-order valence-electron chi connectivity index (χ3n) is 6.28. The van der Waals surface area contributed by atoms with Crippen molar-refractivity contribution < 1.29 is 0 Å². The van der Waals surface area contributed by atoms with Crippen molar-refractivity contribution in [3.05, 3.63) is 35.4 Å².